The van der Waals surface area contributed by atoms with Crippen LogP contribution in [0.4, 0.5) is 5.69 Å². The molecule has 1 fully saturated rings. The summed E-state index contributed by atoms with van der Waals surface area (Å²) in [6, 6.07) is 19.5. The van der Waals surface area contributed by atoms with Gasteiger partial charge in [-0.2, -0.15) is 5.10 Å². The third-order valence-electron chi connectivity index (χ3n) is 7.64. The summed E-state index contributed by atoms with van der Waals surface area (Å²) in [5.41, 5.74) is 5.22. The van der Waals surface area contributed by atoms with Crippen LogP contribution in [0.3, 0.4) is 0 Å². The minimum absolute atomic E-state index is 0.181. The van der Waals surface area contributed by atoms with Crippen LogP contribution in [-0.4, -0.2) is 43.2 Å². The minimum atomic E-state index is -3.80. The van der Waals surface area contributed by atoms with E-state index < -0.39 is 10.0 Å². The molecule has 1 saturated carbocycles. The lowest BCUT2D eigenvalue weighted by Crippen LogP contribution is -2.32. The molecule has 4 aromatic rings. The highest BCUT2D eigenvalue weighted by molar-refractivity contribution is 7.92. The van der Waals surface area contributed by atoms with Crippen molar-refractivity contribution in [2.24, 2.45) is 7.05 Å². The number of nitrogens with zero attached hydrogens (tertiary/aromatic N) is 3. The first-order valence-electron chi connectivity index (χ1n) is 13.8. The van der Waals surface area contributed by atoms with Crippen LogP contribution < -0.4 is 14.2 Å². The fourth-order valence-electron chi connectivity index (χ4n) is 4.91. The van der Waals surface area contributed by atoms with E-state index in [-0.39, 0.29) is 23.9 Å². The molecule has 0 unspecified atom stereocenters. The number of amides is 1. The van der Waals surface area contributed by atoms with Gasteiger partial charge in [0.2, 0.25) is 0 Å². The van der Waals surface area contributed by atoms with E-state index in [4.69, 9.17) is 9.47 Å². The van der Waals surface area contributed by atoms with Crippen LogP contribution in [0, 0.1) is 13.8 Å². The lowest BCUT2D eigenvalue weighted by Gasteiger charge is -2.25. The molecule has 0 aliphatic heterocycles. The zero-order valence-corrected chi connectivity index (χ0v) is 25.4. The van der Waals surface area contributed by atoms with Gasteiger partial charge in [-0.1, -0.05) is 29.8 Å². The van der Waals surface area contributed by atoms with Crippen LogP contribution in [0.1, 0.15) is 57.2 Å². The van der Waals surface area contributed by atoms with Gasteiger partial charge in [0.05, 0.1) is 37.0 Å². The average molecular weight is 589 g/mol. The summed E-state index contributed by atoms with van der Waals surface area (Å²) in [5, 5.41) is 4.60. The summed E-state index contributed by atoms with van der Waals surface area (Å²) in [6.07, 6.45) is 2.17. The van der Waals surface area contributed by atoms with E-state index in [1.165, 1.54) is 0 Å². The molecule has 1 aromatic heterocycles. The van der Waals surface area contributed by atoms with E-state index in [0.29, 0.717) is 28.8 Å². The Morgan fingerprint density at radius 2 is 1.69 bits per heavy atom. The number of carbonyl (C=O) groups excluding carboxylic acids is 1. The first-order valence-corrected chi connectivity index (χ1v) is 15.3. The second-order valence-electron chi connectivity index (χ2n) is 10.7. The summed E-state index contributed by atoms with van der Waals surface area (Å²) in [4.78, 5) is 16.0. The van der Waals surface area contributed by atoms with Crippen molar-refractivity contribution in [3.8, 4) is 11.5 Å². The Morgan fingerprint density at radius 1 is 0.976 bits per heavy atom. The van der Waals surface area contributed by atoms with Crippen LogP contribution in [0.15, 0.2) is 71.6 Å². The van der Waals surface area contributed by atoms with Crippen molar-refractivity contribution in [2.45, 2.75) is 50.6 Å². The van der Waals surface area contributed by atoms with Gasteiger partial charge < -0.3 is 14.4 Å². The highest BCUT2D eigenvalue weighted by Gasteiger charge is 2.30. The Morgan fingerprint density at radius 3 is 2.36 bits per heavy atom. The summed E-state index contributed by atoms with van der Waals surface area (Å²) in [6.45, 7) is 4.26. The Bertz CT molecular complexity index is 1710. The Labute approximate surface area is 247 Å². The number of methoxy groups -OCH3 is 2. The Kier molecular flexibility index (Phi) is 8.27. The number of benzene rings is 3. The van der Waals surface area contributed by atoms with Crippen molar-refractivity contribution in [1.29, 1.82) is 0 Å². The molecule has 0 saturated heterocycles. The molecule has 5 rings (SSSR count). The molecule has 0 radical (unpaired) electrons. The van der Waals surface area contributed by atoms with E-state index in [1.54, 1.807) is 73.3 Å². The van der Waals surface area contributed by atoms with Gasteiger partial charge in [-0.25, -0.2) is 8.42 Å². The van der Waals surface area contributed by atoms with E-state index in [1.807, 2.05) is 38.1 Å². The molecular formula is C32H36N4O5S. The molecule has 42 heavy (non-hydrogen) atoms. The number of hydrogen-bond acceptors (Lipinski definition) is 6. The monoisotopic (exact) mass is 588 g/mol. The number of aryl methyl sites for hydroxylation is 2. The van der Waals surface area contributed by atoms with Gasteiger partial charge >= 0.3 is 0 Å². The number of anilines is 1. The average Bonchev–Trinajstić information content (AvgIpc) is 3.75. The number of hydrogen-bond donors (Lipinski definition) is 1. The van der Waals surface area contributed by atoms with Crippen molar-refractivity contribution < 1.29 is 22.7 Å². The van der Waals surface area contributed by atoms with Gasteiger partial charge in [0.25, 0.3) is 15.9 Å². The quantitative estimate of drug-likeness (QED) is 0.246. The number of aromatic nitrogens is 2. The highest BCUT2D eigenvalue weighted by atomic mass is 32.2. The molecule has 0 bridgehead atoms. The molecule has 1 aliphatic rings. The van der Waals surface area contributed by atoms with E-state index in [0.717, 1.165) is 40.8 Å². The predicted octanol–water partition coefficient (Wildman–Crippen LogP) is 5.57. The van der Waals surface area contributed by atoms with Crippen LogP contribution in [0.2, 0.25) is 0 Å². The van der Waals surface area contributed by atoms with Gasteiger partial charge in [0.1, 0.15) is 17.2 Å². The van der Waals surface area contributed by atoms with Crippen molar-refractivity contribution in [2.75, 3.05) is 18.9 Å². The Balaban J connectivity index is 1.48. The van der Waals surface area contributed by atoms with Gasteiger partial charge in [0.15, 0.2) is 0 Å². The van der Waals surface area contributed by atoms with Gasteiger partial charge in [-0.05, 0) is 74.2 Å². The lowest BCUT2D eigenvalue weighted by atomic mass is 10.1. The number of carbonyl (C=O) groups is 1. The molecule has 0 atom stereocenters. The molecular weight excluding hydrogens is 552 g/mol. The minimum Gasteiger partial charge on any atom is -0.497 e. The van der Waals surface area contributed by atoms with Crippen LogP contribution in [0.25, 0.3) is 0 Å². The molecule has 1 N–H and O–H groups in total. The number of rotatable bonds is 11. The van der Waals surface area contributed by atoms with Crippen LogP contribution in [-0.2, 0) is 30.2 Å². The maximum Gasteiger partial charge on any atom is 0.272 e. The largest absolute Gasteiger partial charge is 0.497 e. The number of ether oxygens (including phenoxy) is 2. The van der Waals surface area contributed by atoms with E-state index in [2.05, 4.69) is 9.82 Å². The van der Waals surface area contributed by atoms with Crippen molar-refractivity contribution in [3.63, 3.8) is 0 Å². The fraction of sp³-hybridized carbons (Fsp3) is 0.312. The van der Waals surface area contributed by atoms with E-state index >= 15 is 0 Å². The number of sulfonamides is 1. The van der Waals surface area contributed by atoms with Crippen molar-refractivity contribution >= 4 is 21.6 Å². The first-order chi connectivity index (χ1) is 20.1. The third-order valence-corrected chi connectivity index (χ3v) is 9.02. The van der Waals surface area contributed by atoms with Crippen molar-refractivity contribution in [1.82, 2.24) is 14.7 Å². The SMILES string of the molecule is COc1ccc(CN(Cc2cccc(NS(=O)(=O)c3ccc(C)cc3)c2C)C(=O)c2cc(C3CC3)nn2C)c(OC)c1. The molecule has 1 amide bonds. The normalized spacial score (nSPS) is 13.1. The molecule has 1 heterocycles. The standard InChI is InChI=1S/C32H36N4O5S/c1-21-9-15-27(16-10-21)42(38,39)34-28-8-6-7-24(22(28)2)19-36(20-25-13-14-26(40-4)17-31(25)41-5)32(37)30-18-29(23-11-12-23)33-35(30)3/h6-10,13-18,23,34H,11-12,19-20H2,1-5H3. The Hall–Kier alpha value is -4.31. The third kappa shape index (κ3) is 6.28. The smallest absolute Gasteiger partial charge is 0.272 e. The molecule has 0 spiro atoms. The second-order valence-corrected chi connectivity index (χ2v) is 12.4. The molecule has 3 aromatic carbocycles. The number of nitrogens with one attached hydrogen (secondary N) is 1. The topological polar surface area (TPSA) is 103 Å². The summed E-state index contributed by atoms with van der Waals surface area (Å²) in [5.74, 6) is 1.49. The molecule has 10 heteroatoms. The van der Waals surface area contributed by atoms with Gasteiger partial charge in [0, 0.05) is 31.1 Å². The first kappa shape index (κ1) is 29.2. The maximum atomic E-state index is 14.1. The predicted molar refractivity (Wildman–Crippen MR) is 161 cm³/mol. The zero-order valence-electron chi connectivity index (χ0n) is 24.5. The van der Waals surface area contributed by atoms with E-state index in [9.17, 15) is 13.2 Å². The summed E-state index contributed by atoms with van der Waals surface area (Å²) >= 11 is 0. The zero-order chi connectivity index (χ0) is 30.0. The molecule has 220 valence electrons. The maximum absolute atomic E-state index is 14.1. The fourth-order valence-corrected chi connectivity index (χ4v) is 6.03. The van der Waals surface area contributed by atoms with Crippen LogP contribution in [0.5, 0.6) is 11.5 Å². The van der Waals surface area contributed by atoms with Gasteiger partial charge in [-0.15, -0.1) is 0 Å². The van der Waals surface area contributed by atoms with Crippen LogP contribution >= 0.6 is 0 Å². The van der Waals surface area contributed by atoms with Gasteiger partial charge in [-0.3, -0.25) is 14.2 Å². The second kappa shape index (κ2) is 11.9. The molecule has 9 nitrogen and oxygen atoms in total. The van der Waals surface area contributed by atoms with Crippen molar-refractivity contribution in [3.05, 3.63) is 100 Å². The lowest BCUT2D eigenvalue weighted by molar-refractivity contribution is 0.0717. The summed E-state index contributed by atoms with van der Waals surface area (Å²) in [7, 11) is 1.17. The summed E-state index contributed by atoms with van der Waals surface area (Å²) < 4.78 is 41.6. The highest BCUT2D eigenvalue weighted by Crippen LogP contribution is 2.39. The molecule has 1 aliphatic carbocycles.